The molecule has 0 amide bonds. The second-order valence-corrected chi connectivity index (χ2v) is 6.11. The Hall–Kier alpha value is -1.62. The first-order valence-corrected chi connectivity index (χ1v) is 8.06. The number of hydrogen-bond donors (Lipinski definition) is 1. The highest BCUT2D eigenvalue weighted by Gasteiger charge is 2.25. The van der Waals surface area contributed by atoms with Gasteiger partial charge in [-0.25, -0.2) is 4.98 Å². The van der Waals surface area contributed by atoms with Crippen molar-refractivity contribution in [2.24, 2.45) is 0 Å². The molecule has 3 heterocycles. The molecule has 2 aromatic rings. The number of anilines is 2. The van der Waals surface area contributed by atoms with Gasteiger partial charge in [-0.05, 0) is 36.8 Å². The molecule has 106 valence electrons. The molecule has 1 N–H and O–H groups in total. The van der Waals surface area contributed by atoms with Crippen LogP contribution in [0.25, 0.3) is 0 Å². The van der Waals surface area contributed by atoms with Crippen LogP contribution in [-0.2, 0) is 6.42 Å². The molecule has 1 unspecified atom stereocenters. The van der Waals surface area contributed by atoms with Gasteiger partial charge in [0.25, 0.3) is 0 Å². The second kappa shape index (κ2) is 5.79. The van der Waals surface area contributed by atoms with E-state index in [1.807, 2.05) is 17.5 Å². The third-order valence-corrected chi connectivity index (χ3v) is 4.75. The summed E-state index contributed by atoms with van der Waals surface area (Å²) < 4.78 is 0. The van der Waals surface area contributed by atoms with E-state index in [-0.39, 0.29) is 0 Å². The van der Waals surface area contributed by atoms with Crippen molar-refractivity contribution in [2.45, 2.75) is 32.7 Å². The summed E-state index contributed by atoms with van der Waals surface area (Å²) in [4.78, 5) is 12.9. The molecule has 0 aromatic carbocycles. The van der Waals surface area contributed by atoms with E-state index < -0.39 is 0 Å². The Morgan fingerprint density at radius 3 is 3.20 bits per heavy atom. The molecule has 0 spiro atoms. The first-order valence-electron chi connectivity index (χ1n) is 7.18. The van der Waals surface area contributed by atoms with Crippen LogP contribution >= 0.6 is 11.3 Å². The van der Waals surface area contributed by atoms with Crippen LogP contribution in [0.5, 0.6) is 0 Å². The highest BCUT2D eigenvalue weighted by atomic mass is 32.1. The number of nitrogens with one attached hydrogen (secondary N) is 1. The maximum absolute atomic E-state index is 4.70. The lowest BCUT2D eigenvalue weighted by Crippen LogP contribution is -2.33. The standard InChI is InChI=1S/C15H20N4S/c1-3-6-17-14-9-16-10-15(18-14)19-7-4-13-12(11(19)2)5-8-20-13/h5,8-11H,3-4,6-7H2,1-2H3,(H,17,18). The zero-order chi connectivity index (χ0) is 13.9. The maximum atomic E-state index is 4.70. The molecule has 2 aromatic heterocycles. The highest BCUT2D eigenvalue weighted by molar-refractivity contribution is 7.10. The Morgan fingerprint density at radius 2 is 2.35 bits per heavy atom. The summed E-state index contributed by atoms with van der Waals surface area (Å²) in [6.45, 7) is 6.34. The van der Waals surface area contributed by atoms with E-state index in [2.05, 4.69) is 40.5 Å². The summed E-state index contributed by atoms with van der Waals surface area (Å²) >= 11 is 1.87. The Labute approximate surface area is 123 Å². The number of fused-ring (bicyclic) bond motifs is 1. The second-order valence-electron chi connectivity index (χ2n) is 5.11. The number of aromatic nitrogens is 2. The predicted molar refractivity (Wildman–Crippen MR) is 84.6 cm³/mol. The van der Waals surface area contributed by atoms with Gasteiger partial charge in [-0.15, -0.1) is 11.3 Å². The monoisotopic (exact) mass is 288 g/mol. The molecule has 4 nitrogen and oxygen atoms in total. The molecule has 0 fully saturated rings. The highest BCUT2D eigenvalue weighted by Crippen LogP contribution is 2.35. The summed E-state index contributed by atoms with van der Waals surface area (Å²) in [5.74, 6) is 1.84. The lowest BCUT2D eigenvalue weighted by Gasteiger charge is -2.34. The Balaban J connectivity index is 1.83. The van der Waals surface area contributed by atoms with E-state index in [9.17, 15) is 0 Å². The minimum Gasteiger partial charge on any atom is -0.369 e. The molecule has 0 bridgehead atoms. The van der Waals surface area contributed by atoms with Crippen molar-refractivity contribution < 1.29 is 0 Å². The van der Waals surface area contributed by atoms with Gasteiger partial charge in [0.05, 0.1) is 18.4 Å². The van der Waals surface area contributed by atoms with Crippen LogP contribution in [0, 0.1) is 0 Å². The van der Waals surface area contributed by atoms with E-state index in [0.717, 1.165) is 37.6 Å². The van der Waals surface area contributed by atoms with E-state index in [4.69, 9.17) is 4.98 Å². The van der Waals surface area contributed by atoms with Crippen LogP contribution in [0.2, 0.25) is 0 Å². The molecule has 0 aliphatic carbocycles. The summed E-state index contributed by atoms with van der Waals surface area (Å²) in [5.41, 5.74) is 1.44. The Kier molecular flexibility index (Phi) is 3.87. The van der Waals surface area contributed by atoms with Gasteiger partial charge in [0.2, 0.25) is 0 Å². The fourth-order valence-corrected chi connectivity index (χ4v) is 3.62. The van der Waals surface area contributed by atoms with Gasteiger partial charge in [0, 0.05) is 18.0 Å². The third kappa shape index (κ3) is 2.50. The first kappa shape index (κ1) is 13.4. The third-order valence-electron chi connectivity index (χ3n) is 3.75. The van der Waals surface area contributed by atoms with Crippen molar-refractivity contribution in [1.29, 1.82) is 0 Å². The fourth-order valence-electron chi connectivity index (χ4n) is 2.65. The molecule has 0 saturated carbocycles. The fraction of sp³-hybridized carbons (Fsp3) is 0.467. The zero-order valence-electron chi connectivity index (χ0n) is 12.0. The lowest BCUT2D eigenvalue weighted by atomic mass is 10.0. The van der Waals surface area contributed by atoms with Crippen LogP contribution in [0.1, 0.15) is 36.8 Å². The van der Waals surface area contributed by atoms with Crippen LogP contribution in [0.15, 0.2) is 23.8 Å². The minimum atomic E-state index is 0.376. The molecule has 5 heteroatoms. The van der Waals surface area contributed by atoms with Gasteiger partial charge in [-0.1, -0.05) is 6.92 Å². The molecular formula is C15H20N4S. The van der Waals surface area contributed by atoms with Crippen molar-refractivity contribution in [3.8, 4) is 0 Å². The lowest BCUT2D eigenvalue weighted by molar-refractivity contribution is 0.624. The van der Waals surface area contributed by atoms with Gasteiger partial charge >= 0.3 is 0 Å². The van der Waals surface area contributed by atoms with E-state index in [1.165, 1.54) is 10.4 Å². The molecule has 0 saturated heterocycles. The average Bonchev–Trinajstić information content (AvgIpc) is 2.95. The van der Waals surface area contributed by atoms with E-state index in [0.29, 0.717) is 6.04 Å². The number of rotatable bonds is 4. The summed E-state index contributed by atoms with van der Waals surface area (Å²) in [6, 6.07) is 2.62. The van der Waals surface area contributed by atoms with Crippen LogP contribution in [0.3, 0.4) is 0 Å². The summed E-state index contributed by atoms with van der Waals surface area (Å²) in [7, 11) is 0. The van der Waals surface area contributed by atoms with Gasteiger partial charge < -0.3 is 10.2 Å². The van der Waals surface area contributed by atoms with Crippen molar-refractivity contribution in [3.63, 3.8) is 0 Å². The zero-order valence-corrected chi connectivity index (χ0v) is 12.8. The molecule has 1 atom stereocenters. The average molecular weight is 288 g/mol. The van der Waals surface area contributed by atoms with Crippen LogP contribution in [0.4, 0.5) is 11.6 Å². The maximum Gasteiger partial charge on any atom is 0.150 e. The molecule has 0 radical (unpaired) electrons. The SMILES string of the molecule is CCCNc1cncc(N2CCc3sccc3C2C)n1. The normalized spacial score (nSPS) is 17.9. The topological polar surface area (TPSA) is 41.1 Å². The molecule has 1 aliphatic rings. The van der Waals surface area contributed by atoms with Crippen molar-refractivity contribution in [1.82, 2.24) is 9.97 Å². The Morgan fingerprint density at radius 1 is 1.45 bits per heavy atom. The van der Waals surface area contributed by atoms with Gasteiger partial charge in [0.15, 0.2) is 0 Å². The van der Waals surface area contributed by atoms with Gasteiger partial charge in [-0.3, -0.25) is 4.98 Å². The number of nitrogens with zero attached hydrogens (tertiary/aromatic N) is 3. The number of thiophene rings is 1. The van der Waals surface area contributed by atoms with Crippen molar-refractivity contribution in [3.05, 3.63) is 34.3 Å². The van der Waals surface area contributed by atoms with Crippen molar-refractivity contribution in [2.75, 3.05) is 23.3 Å². The minimum absolute atomic E-state index is 0.376. The molecular weight excluding hydrogens is 268 g/mol. The van der Waals surface area contributed by atoms with E-state index >= 15 is 0 Å². The van der Waals surface area contributed by atoms with Crippen LogP contribution < -0.4 is 10.2 Å². The smallest absolute Gasteiger partial charge is 0.150 e. The first-order chi connectivity index (χ1) is 9.79. The molecule has 20 heavy (non-hydrogen) atoms. The number of hydrogen-bond acceptors (Lipinski definition) is 5. The van der Waals surface area contributed by atoms with Crippen molar-refractivity contribution >= 4 is 23.0 Å². The van der Waals surface area contributed by atoms with Gasteiger partial charge in [-0.2, -0.15) is 0 Å². The quantitative estimate of drug-likeness (QED) is 0.935. The van der Waals surface area contributed by atoms with E-state index in [1.54, 1.807) is 6.20 Å². The largest absolute Gasteiger partial charge is 0.369 e. The summed E-state index contributed by atoms with van der Waals surface area (Å²) in [5, 5.41) is 5.49. The van der Waals surface area contributed by atoms with Crippen LogP contribution in [-0.4, -0.2) is 23.1 Å². The Bertz CT molecular complexity index is 581. The molecule has 1 aliphatic heterocycles. The molecule has 3 rings (SSSR count). The summed E-state index contributed by atoms with van der Waals surface area (Å²) in [6.07, 6.45) is 5.85. The predicted octanol–water partition coefficient (Wildman–Crippen LogP) is 3.48. The van der Waals surface area contributed by atoms with Gasteiger partial charge in [0.1, 0.15) is 11.6 Å².